The standard InChI is InChI=1S/C8H18.C4H5N3.ClH/c1-3-5-7-8-6-4-2;5-4-3-6-1-2-7-4;/h3-8H2,1-2H3;1-3H,(H2,5,7);1H. The second kappa shape index (κ2) is 14.2. The van der Waals surface area contributed by atoms with Crippen LogP contribution < -0.4 is 5.73 Å². The minimum atomic E-state index is 0. The van der Waals surface area contributed by atoms with Gasteiger partial charge in [-0.05, 0) is 0 Å². The average Bonchev–Trinajstić information content (AvgIpc) is 2.27. The first kappa shape index (κ1) is 17.6. The summed E-state index contributed by atoms with van der Waals surface area (Å²) in [5.41, 5.74) is 5.18. The molecule has 0 saturated heterocycles. The molecule has 0 spiro atoms. The van der Waals surface area contributed by atoms with E-state index in [9.17, 15) is 0 Å². The Bertz CT molecular complexity index is 211. The van der Waals surface area contributed by atoms with Gasteiger partial charge in [-0.2, -0.15) is 0 Å². The molecule has 0 radical (unpaired) electrons. The highest BCUT2D eigenvalue weighted by Gasteiger charge is 1.83. The third-order valence-electron chi connectivity index (χ3n) is 2.04. The summed E-state index contributed by atoms with van der Waals surface area (Å²) >= 11 is 0. The van der Waals surface area contributed by atoms with Gasteiger partial charge in [0.15, 0.2) is 0 Å². The lowest BCUT2D eigenvalue weighted by molar-refractivity contribution is 0.624. The van der Waals surface area contributed by atoms with E-state index < -0.39 is 0 Å². The van der Waals surface area contributed by atoms with Crippen molar-refractivity contribution in [3.05, 3.63) is 18.6 Å². The van der Waals surface area contributed by atoms with Crippen LogP contribution >= 0.6 is 12.4 Å². The highest BCUT2D eigenvalue weighted by atomic mass is 35.5. The summed E-state index contributed by atoms with van der Waals surface area (Å²) in [5.74, 6) is 0.461. The van der Waals surface area contributed by atoms with Crippen LogP contribution in [0.1, 0.15) is 52.4 Å². The predicted octanol–water partition coefficient (Wildman–Crippen LogP) is 3.85. The molecule has 1 aromatic heterocycles. The molecule has 0 saturated carbocycles. The molecule has 0 aliphatic rings. The Morgan fingerprint density at radius 1 is 1.00 bits per heavy atom. The van der Waals surface area contributed by atoms with E-state index in [1.807, 2.05) is 0 Å². The van der Waals surface area contributed by atoms with Crippen molar-refractivity contribution in [2.45, 2.75) is 52.4 Å². The Morgan fingerprint density at radius 2 is 1.56 bits per heavy atom. The molecule has 0 unspecified atom stereocenters. The van der Waals surface area contributed by atoms with Crippen molar-refractivity contribution in [1.82, 2.24) is 9.97 Å². The number of nitrogen functional groups attached to an aromatic ring is 1. The smallest absolute Gasteiger partial charge is 0.141 e. The van der Waals surface area contributed by atoms with Gasteiger partial charge >= 0.3 is 0 Å². The van der Waals surface area contributed by atoms with Crippen LogP contribution in [0.4, 0.5) is 5.82 Å². The highest BCUT2D eigenvalue weighted by molar-refractivity contribution is 5.85. The van der Waals surface area contributed by atoms with Gasteiger partial charge in [-0.15, -0.1) is 12.4 Å². The summed E-state index contributed by atoms with van der Waals surface area (Å²) in [7, 11) is 0. The molecule has 0 aliphatic heterocycles. The Morgan fingerprint density at radius 3 is 1.81 bits per heavy atom. The van der Waals surface area contributed by atoms with Crippen LogP contribution in [0.15, 0.2) is 18.6 Å². The topological polar surface area (TPSA) is 51.8 Å². The van der Waals surface area contributed by atoms with Crippen molar-refractivity contribution in [3.63, 3.8) is 0 Å². The molecule has 1 rings (SSSR count). The van der Waals surface area contributed by atoms with Gasteiger partial charge in [0.1, 0.15) is 5.82 Å². The lowest BCUT2D eigenvalue weighted by Gasteiger charge is -1.93. The molecule has 0 fully saturated rings. The summed E-state index contributed by atoms with van der Waals surface area (Å²) in [6.07, 6.45) is 13.1. The van der Waals surface area contributed by atoms with Crippen LogP contribution in [0, 0.1) is 0 Å². The lowest BCUT2D eigenvalue weighted by Crippen LogP contribution is -1.87. The largest absolute Gasteiger partial charge is 0.382 e. The first-order valence-electron chi connectivity index (χ1n) is 5.82. The molecule has 0 amide bonds. The number of hydrogen-bond acceptors (Lipinski definition) is 3. The molecular formula is C12H24ClN3. The number of hydrogen-bond donors (Lipinski definition) is 1. The van der Waals surface area contributed by atoms with Crippen LogP contribution in [0.2, 0.25) is 0 Å². The lowest BCUT2D eigenvalue weighted by atomic mass is 10.1. The van der Waals surface area contributed by atoms with E-state index in [0.717, 1.165) is 0 Å². The maximum atomic E-state index is 5.18. The predicted molar refractivity (Wildman–Crippen MR) is 72.7 cm³/mol. The number of nitrogens with zero attached hydrogens (tertiary/aromatic N) is 2. The van der Waals surface area contributed by atoms with Crippen LogP contribution in [-0.4, -0.2) is 9.97 Å². The molecular weight excluding hydrogens is 222 g/mol. The van der Waals surface area contributed by atoms with Crippen molar-refractivity contribution in [1.29, 1.82) is 0 Å². The Labute approximate surface area is 105 Å². The normalized spacial score (nSPS) is 8.62. The van der Waals surface area contributed by atoms with Gasteiger partial charge < -0.3 is 5.73 Å². The average molecular weight is 246 g/mol. The summed E-state index contributed by atoms with van der Waals surface area (Å²) < 4.78 is 0. The highest BCUT2D eigenvalue weighted by Crippen LogP contribution is 2.03. The van der Waals surface area contributed by atoms with E-state index >= 15 is 0 Å². The first-order chi connectivity index (χ1) is 7.31. The number of unbranched alkanes of at least 4 members (excludes halogenated alkanes) is 5. The van der Waals surface area contributed by atoms with Crippen molar-refractivity contribution in [2.24, 2.45) is 0 Å². The van der Waals surface area contributed by atoms with Crippen LogP contribution in [0.5, 0.6) is 0 Å². The van der Waals surface area contributed by atoms with E-state index in [0.29, 0.717) is 5.82 Å². The second-order valence-electron chi connectivity index (χ2n) is 3.54. The molecule has 0 aliphatic carbocycles. The van der Waals surface area contributed by atoms with Gasteiger partial charge in [0.05, 0.1) is 6.20 Å². The van der Waals surface area contributed by atoms with Gasteiger partial charge in [-0.25, -0.2) is 4.98 Å². The Kier molecular flexibility index (Phi) is 15.6. The zero-order chi connectivity index (χ0) is 11.4. The third kappa shape index (κ3) is 13.2. The first-order valence-corrected chi connectivity index (χ1v) is 5.82. The minimum absolute atomic E-state index is 0. The molecule has 0 atom stereocenters. The van der Waals surface area contributed by atoms with Crippen molar-refractivity contribution in [2.75, 3.05) is 5.73 Å². The Hall–Kier alpha value is -0.830. The summed E-state index contributed by atoms with van der Waals surface area (Å²) in [6, 6.07) is 0. The molecule has 1 aromatic rings. The van der Waals surface area contributed by atoms with Gasteiger partial charge in [0, 0.05) is 12.4 Å². The van der Waals surface area contributed by atoms with Crippen LogP contribution in [0.25, 0.3) is 0 Å². The number of anilines is 1. The maximum Gasteiger partial charge on any atom is 0.141 e. The van der Waals surface area contributed by atoms with Gasteiger partial charge in [-0.3, -0.25) is 4.98 Å². The number of rotatable bonds is 5. The maximum absolute atomic E-state index is 5.18. The van der Waals surface area contributed by atoms with Crippen molar-refractivity contribution >= 4 is 18.2 Å². The van der Waals surface area contributed by atoms with Gasteiger partial charge in [-0.1, -0.05) is 52.4 Å². The molecule has 2 N–H and O–H groups in total. The zero-order valence-electron chi connectivity index (χ0n) is 10.4. The van der Waals surface area contributed by atoms with Crippen LogP contribution in [-0.2, 0) is 0 Å². The molecule has 0 bridgehead atoms. The third-order valence-corrected chi connectivity index (χ3v) is 2.04. The molecule has 16 heavy (non-hydrogen) atoms. The fourth-order valence-electron chi connectivity index (χ4n) is 1.16. The second-order valence-corrected chi connectivity index (χ2v) is 3.54. The van der Waals surface area contributed by atoms with E-state index in [1.54, 1.807) is 12.4 Å². The SMILES string of the molecule is CCCCCCCC.Cl.Nc1cnccn1. The number of halogens is 1. The van der Waals surface area contributed by atoms with Crippen molar-refractivity contribution in [3.8, 4) is 0 Å². The fourth-order valence-corrected chi connectivity index (χ4v) is 1.16. The number of aromatic nitrogens is 2. The molecule has 1 heterocycles. The van der Waals surface area contributed by atoms with Gasteiger partial charge in [0.25, 0.3) is 0 Å². The molecule has 4 heteroatoms. The van der Waals surface area contributed by atoms with Gasteiger partial charge in [0.2, 0.25) is 0 Å². The molecule has 3 nitrogen and oxygen atoms in total. The van der Waals surface area contributed by atoms with Crippen LogP contribution in [0.3, 0.4) is 0 Å². The molecule has 94 valence electrons. The fraction of sp³-hybridized carbons (Fsp3) is 0.667. The monoisotopic (exact) mass is 245 g/mol. The minimum Gasteiger partial charge on any atom is -0.382 e. The zero-order valence-corrected chi connectivity index (χ0v) is 11.2. The number of nitrogens with two attached hydrogens (primary N) is 1. The molecule has 0 aromatic carbocycles. The van der Waals surface area contributed by atoms with Crippen molar-refractivity contribution < 1.29 is 0 Å². The van der Waals surface area contributed by atoms with E-state index in [2.05, 4.69) is 23.8 Å². The summed E-state index contributed by atoms with van der Waals surface area (Å²) in [6.45, 7) is 4.51. The summed E-state index contributed by atoms with van der Waals surface area (Å²) in [5, 5.41) is 0. The van der Waals surface area contributed by atoms with E-state index in [4.69, 9.17) is 5.73 Å². The quantitative estimate of drug-likeness (QED) is 0.802. The van der Waals surface area contributed by atoms with E-state index in [-0.39, 0.29) is 12.4 Å². The summed E-state index contributed by atoms with van der Waals surface area (Å²) in [4.78, 5) is 7.39. The van der Waals surface area contributed by atoms with E-state index in [1.165, 1.54) is 44.7 Å². The Balaban J connectivity index is 0.